The number of carbonyl (C=O) groups excluding carboxylic acids is 2. The molecule has 0 saturated carbocycles. The van der Waals surface area contributed by atoms with Gasteiger partial charge in [-0.2, -0.15) is 0 Å². The first-order valence-corrected chi connectivity index (χ1v) is 11.0. The van der Waals surface area contributed by atoms with Gasteiger partial charge in [-0.05, 0) is 31.1 Å². The van der Waals surface area contributed by atoms with E-state index in [1.807, 2.05) is 18.7 Å². The van der Waals surface area contributed by atoms with Crippen LogP contribution in [0.2, 0.25) is 0 Å². The van der Waals surface area contributed by atoms with Crippen LogP contribution in [0.5, 0.6) is 0 Å². The first-order valence-electron chi connectivity index (χ1n) is 11.0. The Bertz CT molecular complexity index is 739. The Hall–Kier alpha value is -2.16. The summed E-state index contributed by atoms with van der Waals surface area (Å²) in [6.07, 6.45) is 3.64. The zero-order valence-corrected chi connectivity index (χ0v) is 19.0. The van der Waals surface area contributed by atoms with E-state index in [2.05, 4.69) is 27.3 Å². The Morgan fingerprint density at radius 1 is 1.27 bits per heavy atom. The SMILES string of the molecule is CCCNC(=O)N1CCC2(CC1)CC(c1nnc(C(C)C)o1)N(CC(=O)N(C)C)C2. The highest BCUT2D eigenvalue weighted by Gasteiger charge is 2.48. The van der Waals surface area contributed by atoms with Crippen LogP contribution in [-0.2, 0) is 4.79 Å². The lowest BCUT2D eigenvalue weighted by Gasteiger charge is -2.39. The summed E-state index contributed by atoms with van der Waals surface area (Å²) < 4.78 is 5.98. The number of hydrogen-bond donors (Lipinski definition) is 1. The highest BCUT2D eigenvalue weighted by atomic mass is 16.4. The number of urea groups is 1. The molecule has 2 fully saturated rings. The minimum Gasteiger partial charge on any atom is -0.423 e. The number of aromatic nitrogens is 2. The van der Waals surface area contributed by atoms with Crippen molar-refractivity contribution in [3.05, 3.63) is 11.8 Å². The van der Waals surface area contributed by atoms with E-state index >= 15 is 0 Å². The fourth-order valence-electron chi connectivity index (χ4n) is 4.37. The lowest BCUT2D eigenvalue weighted by Crippen LogP contribution is -2.48. The van der Waals surface area contributed by atoms with Gasteiger partial charge in [-0.25, -0.2) is 4.79 Å². The molecule has 2 aliphatic rings. The molecule has 0 radical (unpaired) electrons. The van der Waals surface area contributed by atoms with Crippen LogP contribution in [0.3, 0.4) is 0 Å². The van der Waals surface area contributed by atoms with Crippen LogP contribution in [0, 0.1) is 5.41 Å². The number of nitrogens with one attached hydrogen (secondary N) is 1. The predicted octanol–water partition coefficient (Wildman–Crippen LogP) is 2.23. The standard InChI is InChI=1S/C21H36N6O3/c1-6-9-22-20(29)26-10-7-21(8-11-26)12-16(19-24-23-18(30-19)15(2)3)27(14-21)13-17(28)25(4)5/h15-16H,6-14H2,1-5H3,(H,22,29). The van der Waals surface area contributed by atoms with Crippen LogP contribution in [0.1, 0.15) is 70.2 Å². The van der Waals surface area contributed by atoms with E-state index < -0.39 is 0 Å². The second-order valence-corrected chi connectivity index (χ2v) is 9.27. The quantitative estimate of drug-likeness (QED) is 0.758. The van der Waals surface area contributed by atoms with E-state index in [9.17, 15) is 9.59 Å². The fraction of sp³-hybridized carbons (Fsp3) is 0.810. The van der Waals surface area contributed by atoms with Crippen molar-refractivity contribution in [2.75, 3.05) is 46.8 Å². The van der Waals surface area contributed by atoms with E-state index in [0.717, 1.165) is 45.3 Å². The maximum Gasteiger partial charge on any atom is 0.317 e. The molecule has 3 heterocycles. The molecule has 0 aromatic carbocycles. The Labute approximate surface area is 179 Å². The molecule has 3 amide bonds. The third-order valence-corrected chi connectivity index (χ3v) is 6.32. The van der Waals surface area contributed by atoms with Gasteiger partial charge in [-0.3, -0.25) is 9.69 Å². The lowest BCUT2D eigenvalue weighted by molar-refractivity contribution is -0.130. The van der Waals surface area contributed by atoms with Crippen molar-refractivity contribution >= 4 is 11.9 Å². The molecule has 2 aliphatic heterocycles. The molecule has 168 valence electrons. The van der Waals surface area contributed by atoms with Gasteiger partial charge in [0.15, 0.2) is 0 Å². The minimum atomic E-state index is -0.0608. The smallest absolute Gasteiger partial charge is 0.317 e. The number of likely N-dealkylation sites (N-methyl/N-ethyl adjacent to an activating group) is 1. The lowest BCUT2D eigenvalue weighted by atomic mass is 9.76. The summed E-state index contributed by atoms with van der Waals surface area (Å²) in [5.74, 6) is 1.47. The van der Waals surface area contributed by atoms with Crippen LogP contribution in [0.15, 0.2) is 4.42 Å². The monoisotopic (exact) mass is 420 g/mol. The summed E-state index contributed by atoms with van der Waals surface area (Å²) in [7, 11) is 3.56. The van der Waals surface area contributed by atoms with E-state index in [0.29, 0.717) is 24.9 Å². The Morgan fingerprint density at radius 3 is 2.53 bits per heavy atom. The van der Waals surface area contributed by atoms with Crippen molar-refractivity contribution in [1.82, 2.24) is 30.2 Å². The van der Waals surface area contributed by atoms with Gasteiger partial charge in [0.25, 0.3) is 0 Å². The van der Waals surface area contributed by atoms with E-state index in [4.69, 9.17) is 4.42 Å². The van der Waals surface area contributed by atoms with Gasteiger partial charge < -0.3 is 19.5 Å². The second kappa shape index (κ2) is 9.32. The molecule has 30 heavy (non-hydrogen) atoms. The van der Waals surface area contributed by atoms with Gasteiger partial charge in [-0.15, -0.1) is 10.2 Å². The van der Waals surface area contributed by atoms with Gasteiger partial charge in [0.05, 0.1) is 12.6 Å². The Balaban J connectivity index is 1.73. The number of rotatable bonds is 6. The summed E-state index contributed by atoms with van der Waals surface area (Å²) in [6.45, 7) is 9.42. The Morgan fingerprint density at radius 2 is 1.97 bits per heavy atom. The van der Waals surface area contributed by atoms with Crippen molar-refractivity contribution in [3.8, 4) is 0 Å². The number of likely N-dealkylation sites (tertiary alicyclic amines) is 2. The number of amides is 3. The minimum absolute atomic E-state index is 0.0272. The zero-order valence-electron chi connectivity index (χ0n) is 19.0. The molecule has 1 unspecified atom stereocenters. The molecule has 1 atom stereocenters. The van der Waals surface area contributed by atoms with Gasteiger partial charge >= 0.3 is 6.03 Å². The first kappa shape index (κ1) is 22.5. The van der Waals surface area contributed by atoms with Crippen LogP contribution in [0.4, 0.5) is 4.79 Å². The topological polar surface area (TPSA) is 94.8 Å². The molecule has 0 bridgehead atoms. The van der Waals surface area contributed by atoms with Crippen molar-refractivity contribution in [2.24, 2.45) is 5.41 Å². The van der Waals surface area contributed by atoms with E-state index in [1.165, 1.54) is 0 Å². The van der Waals surface area contributed by atoms with Crippen LogP contribution in [-0.4, -0.2) is 83.7 Å². The highest BCUT2D eigenvalue weighted by molar-refractivity contribution is 5.77. The first-order chi connectivity index (χ1) is 14.2. The van der Waals surface area contributed by atoms with Crippen LogP contribution in [0.25, 0.3) is 0 Å². The Kier molecular flexibility index (Phi) is 7.00. The van der Waals surface area contributed by atoms with E-state index in [-0.39, 0.29) is 29.3 Å². The average Bonchev–Trinajstić information content (AvgIpc) is 3.32. The van der Waals surface area contributed by atoms with Crippen molar-refractivity contribution in [1.29, 1.82) is 0 Å². The maximum atomic E-state index is 12.5. The van der Waals surface area contributed by atoms with Crippen molar-refractivity contribution < 1.29 is 14.0 Å². The summed E-state index contributed by atoms with van der Waals surface area (Å²) >= 11 is 0. The fourth-order valence-corrected chi connectivity index (χ4v) is 4.37. The zero-order chi connectivity index (χ0) is 21.9. The third-order valence-electron chi connectivity index (χ3n) is 6.32. The molecular weight excluding hydrogens is 384 g/mol. The third kappa shape index (κ3) is 4.94. The van der Waals surface area contributed by atoms with Gasteiger partial charge in [-0.1, -0.05) is 20.8 Å². The van der Waals surface area contributed by atoms with Crippen LogP contribution < -0.4 is 5.32 Å². The molecule has 9 heteroatoms. The largest absolute Gasteiger partial charge is 0.423 e. The van der Waals surface area contributed by atoms with Crippen molar-refractivity contribution in [3.63, 3.8) is 0 Å². The summed E-state index contributed by atoms with van der Waals surface area (Å²) in [6, 6.07) is -0.0336. The summed E-state index contributed by atoms with van der Waals surface area (Å²) in [4.78, 5) is 30.5. The van der Waals surface area contributed by atoms with Gasteiger partial charge in [0, 0.05) is 46.2 Å². The number of carbonyl (C=O) groups is 2. The molecular formula is C21H36N6O3. The second-order valence-electron chi connectivity index (χ2n) is 9.27. The molecule has 3 rings (SSSR count). The van der Waals surface area contributed by atoms with E-state index in [1.54, 1.807) is 19.0 Å². The predicted molar refractivity (Wildman–Crippen MR) is 113 cm³/mol. The summed E-state index contributed by atoms with van der Waals surface area (Å²) in [5, 5.41) is 11.5. The van der Waals surface area contributed by atoms with Gasteiger partial charge in [0.2, 0.25) is 17.7 Å². The molecule has 0 aliphatic carbocycles. The number of nitrogens with zero attached hydrogens (tertiary/aromatic N) is 5. The molecule has 1 spiro atoms. The molecule has 1 aromatic rings. The number of piperidine rings is 1. The molecule has 1 aromatic heterocycles. The molecule has 1 N–H and O–H groups in total. The highest BCUT2D eigenvalue weighted by Crippen LogP contribution is 2.48. The maximum absolute atomic E-state index is 12.5. The molecule has 9 nitrogen and oxygen atoms in total. The van der Waals surface area contributed by atoms with Gasteiger partial charge in [0.1, 0.15) is 0 Å². The normalized spacial score (nSPS) is 21.4. The summed E-state index contributed by atoms with van der Waals surface area (Å²) in [5.41, 5.74) is 0.0608. The molecule has 2 saturated heterocycles. The average molecular weight is 421 g/mol. The number of hydrogen-bond acceptors (Lipinski definition) is 6. The van der Waals surface area contributed by atoms with Crippen molar-refractivity contribution in [2.45, 2.75) is 58.4 Å². The van der Waals surface area contributed by atoms with Crippen LogP contribution >= 0.6 is 0 Å².